The average molecular weight is 282 g/mol. The third kappa shape index (κ3) is 4.41. The van der Waals surface area contributed by atoms with Crippen LogP contribution in [0, 0.1) is 11.6 Å². The van der Waals surface area contributed by atoms with Gasteiger partial charge in [0.1, 0.15) is 5.82 Å². The first-order valence-electron chi connectivity index (χ1n) is 4.56. The fraction of sp³-hybridized carbons (Fsp3) is 0.111. The molecule has 1 rings (SSSR count). The van der Waals surface area contributed by atoms with Crippen LogP contribution in [0.4, 0.5) is 22.0 Å². The molecule has 0 aromatic heterocycles. The molecule has 0 radical (unpaired) electrons. The Bertz CT molecular complexity index is 522. The quantitative estimate of drug-likeness (QED) is 0.381. The molecule has 0 aliphatic carbocycles. The van der Waals surface area contributed by atoms with Crippen LogP contribution in [0.15, 0.2) is 22.3 Å². The Morgan fingerprint density at radius 1 is 1.16 bits per heavy atom. The molecule has 1 aromatic rings. The largest absolute Gasteiger partial charge is 0.573 e. The minimum atomic E-state index is -5.19. The lowest BCUT2D eigenvalue weighted by Gasteiger charge is -2.12. The monoisotopic (exact) mass is 282 g/mol. The molecule has 0 unspecified atom stereocenters. The molecule has 0 spiro atoms. The van der Waals surface area contributed by atoms with Gasteiger partial charge in [-0.25, -0.2) is 8.78 Å². The summed E-state index contributed by atoms with van der Waals surface area (Å²) in [6.45, 7) is 0. The maximum atomic E-state index is 13.3. The van der Waals surface area contributed by atoms with Crippen molar-refractivity contribution in [3.8, 4) is 5.75 Å². The van der Waals surface area contributed by atoms with Crippen LogP contribution >= 0.6 is 0 Å². The Morgan fingerprint density at radius 2 is 1.74 bits per heavy atom. The van der Waals surface area contributed by atoms with Crippen molar-refractivity contribution in [1.82, 2.24) is 0 Å². The van der Waals surface area contributed by atoms with Gasteiger partial charge in [-0.15, -0.1) is 18.3 Å². The lowest BCUT2D eigenvalue weighted by atomic mass is 10.2. The summed E-state index contributed by atoms with van der Waals surface area (Å²) in [6.07, 6.45) is -4.69. The number of guanidine groups is 1. The Kier molecular flexibility index (Phi) is 4.25. The summed E-state index contributed by atoms with van der Waals surface area (Å²) in [5, 5.41) is 6.14. The molecule has 0 aliphatic heterocycles. The second-order valence-corrected chi connectivity index (χ2v) is 3.09. The molecule has 0 amide bonds. The zero-order valence-corrected chi connectivity index (χ0v) is 9.08. The first-order valence-corrected chi connectivity index (χ1v) is 4.56. The summed E-state index contributed by atoms with van der Waals surface area (Å²) in [5.74, 6) is -4.46. The van der Waals surface area contributed by atoms with Crippen molar-refractivity contribution in [3.05, 3.63) is 29.3 Å². The first kappa shape index (κ1) is 14.7. The maximum Gasteiger partial charge on any atom is 0.573 e. The Morgan fingerprint density at radius 3 is 2.26 bits per heavy atom. The van der Waals surface area contributed by atoms with Gasteiger partial charge in [-0.3, -0.25) is 0 Å². The van der Waals surface area contributed by atoms with Gasteiger partial charge in [-0.2, -0.15) is 5.10 Å². The van der Waals surface area contributed by atoms with E-state index in [1.807, 2.05) is 0 Å². The van der Waals surface area contributed by atoms with Gasteiger partial charge in [-0.05, 0) is 12.1 Å². The van der Waals surface area contributed by atoms with Crippen LogP contribution in [-0.2, 0) is 0 Å². The highest BCUT2D eigenvalue weighted by Crippen LogP contribution is 2.29. The van der Waals surface area contributed by atoms with Crippen molar-refractivity contribution in [2.24, 2.45) is 21.7 Å². The fourth-order valence-electron chi connectivity index (χ4n) is 1.04. The van der Waals surface area contributed by atoms with Crippen molar-refractivity contribution in [2.75, 3.05) is 0 Å². The fourth-order valence-corrected chi connectivity index (χ4v) is 1.04. The molecule has 4 N–H and O–H groups in total. The molecule has 0 atom stereocenters. The zero-order valence-electron chi connectivity index (χ0n) is 9.08. The molecular formula is C9H7F5N4O. The molecule has 1 aromatic carbocycles. The van der Waals surface area contributed by atoms with E-state index < -0.39 is 35.3 Å². The Hall–Kier alpha value is -2.39. The lowest BCUT2D eigenvalue weighted by Crippen LogP contribution is -2.22. The molecule has 0 saturated carbocycles. The highest BCUT2D eigenvalue weighted by molar-refractivity contribution is 5.85. The van der Waals surface area contributed by atoms with Gasteiger partial charge in [0, 0.05) is 0 Å². The number of ether oxygens (including phenoxy) is 1. The van der Waals surface area contributed by atoms with Crippen LogP contribution in [0.1, 0.15) is 5.56 Å². The number of hydrogen-bond donors (Lipinski definition) is 2. The minimum absolute atomic E-state index is 0.480. The highest BCUT2D eigenvalue weighted by atomic mass is 19.4. The van der Waals surface area contributed by atoms with E-state index in [4.69, 9.17) is 11.5 Å². The van der Waals surface area contributed by atoms with Gasteiger partial charge >= 0.3 is 6.36 Å². The summed E-state index contributed by atoms with van der Waals surface area (Å²) in [4.78, 5) is 0. The van der Waals surface area contributed by atoms with Crippen LogP contribution in [0.2, 0.25) is 0 Å². The molecule has 0 bridgehead atoms. The van der Waals surface area contributed by atoms with E-state index in [1.54, 1.807) is 0 Å². The molecule has 104 valence electrons. The second-order valence-electron chi connectivity index (χ2n) is 3.09. The lowest BCUT2D eigenvalue weighted by molar-refractivity contribution is -0.275. The van der Waals surface area contributed by atoms with E-state index >= 15 is 0 Å². The second kappa shape index (κ2) is 5.50. The molecular weight excluding hydrogens is 275 g/mol. The average Bonchev–Trinajstić information content (AvgIpc) is 2.25. The summed E-state index contributed by atoms with van der Waals surface area (Å²) in [6, 6.07) is 1.09. The number of halogens is 5. The van der Waals surface area contributed by atoms with Gasteiger partial charge < -0.3 is 16.2 Å². The first-order chi connectivity index (χ1) is 8.70. The van der Waals surface area contributed by atoms with Crippen molar-refractivity contribution < 1.29 is 26.7 Å². The third-order valence-electron chi connectivity index (χ3n) is 1.67. The zero-order chi connectivity index (χ0) is 14.6. The molecule has 0 fully saturated rings. The van der Waals surface area contributed by atoms with Crippen molar-refractivity contribution in [3.63, 3.8) is 0 Å². The van der Waals surface area contributed by atoms with E-state index in [-0.39, 0.29) is 0 Å². The van der Waals surface area contributed by atoms with Crippen molar-refractivity contribution in [1.29, 1.82) is 0 Å². The van der Waals surface area contributed by atoms with Crippen LogP contribution in [-0.4, -0.2) is 18.5 Å². The van der Waals surface area contributed by atoms with Gasteiger partial charge in [0.2, 0.25) is 5.96 Å². The summed E-state index contributed by atoms with van der Waals surface area (Å²) in [7, 11) is 0. The van der Waals surface area contributed by atoms with Crippen LogP contribution in [0.25, 0.3) is 0 Å². The number of alkyl halides is 3. The summed E-state index contributed by atoms with van der Waals surface area (Å²) < 4.78 is 66.1. The standard InChI is InChI=1S/C9H7F5N4O/c10-5-1-2-6(11)7(19-9(12,13)14)4(5)3-17-18-8(15)16/h1-3H,(H4,15,16,18). The predicted molar refractivity (Wildman–Crippen MR) is 56.4 cm³/mol. The van der Waals surface area contributed by atoms with E-state index in [0.29, 0.717) is 18.3 Å². The smallest absolute Gasteiger partial charge is 0.402 e. The Labute approximate surface area is 103 Å². The number of rotatable bonds is 3. The molecule has 0 heterocycles. The third-order valence-corrected chi connectivity index (χ3v) is 1.67. The van der Waals surface area contributed by atoms with Gasteiger partial charge in [0.05, 0.1) is 11.8 Å². The summed E-state index contributed by atoms with van der Waals surface area (Å²) in [5.41, 5.74) is 8.93. The normalized spacial score (nSPS) is 11.6. The predicted octanol–water partition coefficient (Wildman–Crippen LogP) is 1.47. The van der Waals surface area contributed by atoms with E-state index in [0.717, 1.165) is 0 Å². The van der Waals surface area contributed by atoms with E-state index in [2.05, 4.69) is 14.9 Å². The molecule has 0 aliphatic rings. The van der Waals surface area contributed by atoms with Crippen LogP contribution in [0.3, 0.4) is 0 Å². The number of nitrogens with zero attached hydrogens (tertiary/aromatic N) is 2. The summed E-state index contributed by atoms with van der Waals surface area (Å²) >= 11 is 0. The SMILES string of the molecule is NC(N)=NN=Cc1c(F)ccc(F)c1OC(F)(F)F. The van der Waals surface area contributed by atoms with Gasteiger partial charge in [0.25, 0.3) is 0 Å². The van der Waals surface area contributed by atoms with Crippen LogP contribution in [0.5, 0.6) is 5.75 Å². The van der Waals surface area contributed by atoms with Crippen LogP contribution < -0.4 is 16.2 Å². The molecule has 0 saturated heterocycles. The van der Waals surface area contributed by atoms with Crippen molar-refractivity contribution in [2.45, 2.75) is 6.36 Å². The molecule has 10 heteroatoms. The minimum Gasteiger partial charge on any atom is -0.402 e. The maximum absolute atomic E-state index is 13.3. The topological polar surface area (TPSA) is 86.0 Å². The van der Waals surface area contributed by atoms with Gasteiger partial charge in [-0.1, -0.05) is 0 Å². The molecule has 5 nitrogen and oxygen atoms in total. The number of hydrogen-bond acceptors (Lipinski definition) is 3. The van der Waals surface area contributed by atoms with Gasteiger partial charge in [0.15, 0.2) is 11.6 Å². The number of nitrogens with two attached hydrogens (primary N) is 2. The highest BCUT2D eigenvalue weighted by Gasteiger charge is 2.34. The van der Waals surface area contributed by atoms with E-state index in [1.165, 1.54) is 0 Å². The Balaban J connectivity index is 3.24. The number of benzene rings is 1. The van der Waals surface area contributed by atoms with E-state index in [9.17, 15) is 22.0 Å². The van der Waals surface area contributed by atoms with Crippen molar-refractivity contribution >= 4 is 12.2 Å². The molecule has 19 heavy (non-hydrogen) atoms.